The minimum Gasteiger partial charge on any atom is -0.455 e. The molecule has 0 N–H and O–H groups in total. The normalized spacial score (nSPS) is 11.8. The van der Waals surface area contributed by atoms with Crippen molar-refractivity contribution in [3.63, 3.8) is 0 Å². The Kier molecular flexibility index (Phi) is 6.28. The largest absolute Gasteiger partial charge is 0.455 e. The van der Waals surface area contributed by atoms with Crippen LogP contribution in [0.3, 0.4) is 0 Å². The van der Waals surface area contributed by atoms with E-state index >= 15 is 0 Å². The second kappa shape index (κ2) is 11.3. The highest BCUT2D eigenvalue weighted by atomic mass is 16.3. The Morgan fingerprint density at radius 3 is 1.66 bits per heavy atom. The second-order valence-electron chi connectivity index (χ2n) is 13.6. The van der Waals surface area contributed by atoms with E-state index in [9.17, 15) is 5.26 Å². The Bertz CT molecular complexity index is 3240. The highest BCUT2D eigenvalue weighted by Crippen LogP contribution is 2.42. The Labute approximate surface area is 304 Å². The van der Waals surface area contributed by atoms with Gasteiger partial charge in [0.05, 0.1) is 39.1 Å². The average Bonchev–Trinajstić information content (AvgIpc) is 3.88. The van der Waals surface area contributed by atoms with Crippen molar-refractivity contribution in [2.24, 2.45) is 0 Å². The van der Waals surface area contributed by atoms with Gasteiger partial charge in [-0.25, -0.2) is 0 Å². The van der Waals surface area contributed by atoms with Crippen molar-refractivity contribution >= 4 is 65.6 Å². The van der Waals surface area contributed by atoms with Crippen molar-refractivity contribution < 1.29 is 4.42 Å². The third-order valence-electron chi connectivity index (χ3n) is 10.8. The van der Waals surface area contributed by atoms with Gasteiger partial charge in [-0.2, -0.15) is 5.26 Å². The summed E-state index contributed by atoms with van der Waals surface area (Å²) in [6, 6.07) is 64.3. The summed E-state index contributed by atoms with van der Waals surface area (Å²) in [5.41, 5.74) is 13.3. The summed E-state index contributed by atoms with van der Waals surface area (Å²) in [5, 5.41) is 16.7. The molecule has 0 bridgehead atoms. The van der Waals surface area contributed by atoms with Crippen LogP contribution in [0.25, 0.3) is 99.2 Å². The van der Waals surface area contributed by atoms with Gasteiger partial charge >= 0.3 is 0 Å². The molecule has 0 saturated carbocycles. The number of benzene rings is 8. The Balaban J connectivity index is 1.21. The van der Waals surface area contributed by atoms with Crippen molar-refractivity contribution in [1.82, 2.24) is 9.13 Å². The molecule has 0 amide bonds. The van der Waals surface area contributed by atoms with E-state index in [0.717, 1.165) is 88.4 Å². The van der Waals surface area contributed by atoms with Crippen LogP contribution in [0, 0.1) is 11.3 Å². The van der Waals surface area contributed by atoms with E-state index in [0.29, 0.717) is 5.56 Å². The number of aromatic nitrogens is 2. The molecule has 0 aliphatic carbocycles. The third kappa shape index (κ3) is 4.35. The second-order valence-corrected chi connectivity index (χ2v) is 13.6. The first-order valence-corrected chi connectivity index (χ1v) is 17.8. The fourth-order valence-electron chi connectivity index (χ4n) is 8.41. The lowest BCUT2D eigenvalue weighted by atomic mass is 9.97. The zero-order valence-corrected chi connectivity index (χ0v) is 28.5. The number of nitriles is 1. The molecule has 4 nitrogen and oxygen atoms in total. The van der Waals surface area contributed by atoms with Crippen molar-refractivity contribution in [3.8, 4) is 39.7 Å². The van der Waals surface area contributed by atoms with E-state index in [4.69, 9.17) is 4.42 Å². The summed E-state index contributed by atoms with van der Waals surface area (Å²) in [6.07, 6.45) is 0. The molecule has 0 spiro atoms. The molecule has 11 aromatic rings. The first-order chi connectivity index (χ1) is 26.2. The lowest BCUT2D eigenvalue weighted by molar-refractivity contribution is 0.673. The van der Waals surface area contributed by atoms with Crippen molar-refractivity contribution in [1.29, 1.82) is 5.26 Å². The number of fused-ring (bicyclic) bond motifs is 10. The predicted molar refractivity (Wildman–Crippen MR) is 218 cm³/mol. The minimum atomic E-state index is 0.667. The number of hydrogen-bond donors (Lipinski definition) is 0. The monoisotopic (exact) mass is 675 g/mol. The van der Waals surface area contributed by atoms with Crippen molar-refractivity contribution in [2.45, 2.75) is 0 Å². The molecule has 0 atom stereocenters. The predicted octanol–water partition coefficient (Wildman–Crippen LogP) is 13.0. The maximum absolute atomic E-state index is 9.79. The topological polar surface area (TPSA) is 46.8 Å². The number of furan rings is 1. The maximum atomic E-state index is 9.79. The van der Waals surface area contributed by atoms with E-state index < -0.39 is 0 Å². The van der Waals surface area contributed by atoms with Gasteiger partial charge in [-0.3, -0.25) is 0 Å². The lowest BCUT2D eigenvalue weighted by Crippen LogP contribution is -2.00. The highest BCUT2D eigenvalue weighted by molar-refractivity contribution is 6.24. The molecule has 8 aromatic carbocycles. The van der Waals surface area contributed by atoms with Crippen LogP contribution < -0.4 is 0 Å². The maximum Gasteiger partial charge on any atom is 0.145 e. The molecule has 0 unspecified atom stereocenters. The summed E-state index contributed by atoms with van der Waals surface area (Å²) in [7, 11) is 0. The van der Waals surface area contributed by atoms with E-state index in [1.54, 1.807) is 0 Å². The Hall–Kier alpha value is -7.35. The summed E-state index contributed by atoms with van der Waals surface area (Å²) in [6.45, 7) is 0. The number of hydrogen-bond acceptors (Lipinski definition) is 2. The van der Waals surface area contributed by atoms with Crippen LogP contribution in [0.15, 0.2) is 180 Å². The number of para-hydroxylation sites is 4. The fraction of sp³-hybridized carbons (Fsp3) is 0. The van der Waals surface area contributed by atoms with Gasteiger partial charge in [0.2, 0.25) is 0 Å². The summed E-state index contributed by atoms with van der Waals surface area (Å²) < 4.78 is 11.4. The summed E-state index contributed by atoms with van der Waals surface area (Å²) in [4.78, 5) is 0. The van der Waals surface area contributed by atoms with Crippen LogP contribution in [0.2, 0.25) is 0 Å². The summed E-state index contributed by atoms with van der Waals surface area (Å²) in [5.74, 6) is 0. The molecule has 0 saturated heterocycles. The lowest BCUT2D eigenvalue weighted by Gasteiger charge is -2.16. The van der Waals surface area contributed by atoms with Gasteiger partial charge in [0.25, 0.3) is 0 Å². The Morgan fingerprint density at radius 1 is 0.415 bits per heavy atom. The summed E-state index contributed by atoms with van der Waals surface area (Å²) >= 11 is 0. The van der Waals surface area contributed by atoms with E-state index in [1.807, 2.05) is 36.4 Å². The van der Waals surface area contributed by atoms with Gasteiger partial charge < -0.3 is 13.6 Å². The van der Waals surface area contributed by atoms with Gasteiger partial charge in [0.1, 0.15) is 11.2 Å². The molecule has 0 fully saturated rings. The molecule has 11 rings (SSSR count). The molecule has 246 valence electrons. The molecular weight excluding hydrogens is 647 g/mol. The molecular formula is C49H29N3O. The van der Waals surface area contributed by atoms with E-state index in [1.165, 1.54) is 10.8 Å². The van der Waals surface area contributed by atoms with Crippen LogP contribution >= 0.6 is 0 Å². The molecule has 4 heteroatoms. The van der Waals surface area contributed by atoms with Crippen molar-refractivity contribution in [3.05, 3.63) is 181 Å². The smallest absolute Gasteiger partial charge is 0.145 e. The fourth-order valence-corrected chi connectivity index (χ4v) is 8.41. The van der Waals surface area contributed by atoms with Crippen molar-refractivity contribution in [2.75, 3.05) is 0 Å². The molecule has 0 aliphatic heterocycles. The SMILES string of the molecule is N#Cc1ccccc1-c1ccc(-c2cc(-n3c4ccccc4c4ccccc43)cc(-n3c4ccccc4c4c5oc6ccccc6c5ccc43)c2)cc1. The zero-order valence-electron chi connectivity index (χ0n) is 28.5. The van der Waals surface area contributed by atoms with Gasteiger partial charge in [-0.05, 0) is 82.9 Å². The van der Waals surface area contributed by atoms with Gasteiger partial charge in [-0.1, -0.05) is 115 Å². The van der Waals surface area contributed by atoms with Crippen LogP contribution in [0.1, 0.15) is 5.56 Å². The highest BCUT2D eigenvalue weighted by Gasteiger charge is 2.20. The average molecular weight is 676 g/mol. The first-order valence-electron chi connectivity index (χ1n) is 17.8. The van der Waals surface area contributed by atoms with Crippen LogP contribution in [0.5, 0.6) is 0 Å². The molecule has 53 heavy (non-hydrogen) atoms. The Morgan fingerprint density at radius 2 is 0.962 bits per heavy atom. The molecule has 0 radical (unpaired) electrons. The standard InChI is InChI=1S/C49H29N3O/c50-30-33-11-1-2-12-37(33)32-23-21-31(22-24-32)34-27-35(51-43-17-7-3-13-38(43)39-14-4-8-18-44(39)51)29-36(28-34)52-45-19-9-5-16-42(45)48-46(52)26-25-41-40-15-6-10-20-47(40)53-49(41)48/h1-29H. The minimum absolute atomic E-state index is 0.667. The number of nitrogens with zero attached hydrogens (tertiary/aromatic N) is 3. The van der Waals surface area contributed by atoms with Gasteiger partial charge in [0, 0.05) is 38.3 Å². The third-order valence-corrected chi connectivity index (χ3v) is 10.8. The molecule has 0 aliphatic rings. The number of rotatable bonds is 4. The quantitative estimate of drug-likeness (QED) is 0.186. The van der Waals surface area contributed by atoms with Gasteiger partial charge in [-0.15, -0.1) is 0 Å². The van der Waals surface area contributed by atoms with E-state index in [2.05, 4.69) is 155 Å². The van der Waals surface area contributed by atoms with Crippen LogP contribution in [0.4, 0.5) is 0 Å². The first kappa shape index (κ1) is 29.4. The molecule has 3 aromatic heterocycles. The van der Waals surface area contributed by atoms with E-state index in [-0.39, 0.29) is 0 Å². The van der Waals surface area contributed by atoms with Gasteiger partial charge in [0.15, 0.2) is 0 Å². The zero-order chi connectivity index (χ0) is 35.0. The van der Waals surface area contributed by atoms with Crippen LogP contribution in [-0.2, 0) is 0 Å². The van der Waals surface area contributed by atoms with Crippen LogP contribution in [-0.4, -0.2) is 9.13 Å². The molecule has 3 heterocycles.